The normalized spacial score (nSPS) is 12.9. The van der Waals surface area contributed by atoms with Gasteiger partial charge in [0.25, 0.3) is 0 Å². The number of rotatable bonds is 7. The lowest BCUT2D eigenvalue weighted by Gasteiger charge is -2.21. The fraction of sp³-hybridized carbons (Fsp3) is 0.625. The van der Waals surface area contributed by atoms with Gasteiger partial charge in [-0.05, 0) is 51.3 Å². The van der Waals surface area contributed by atoms with Crippen LogP contribution in [0.25, 0.3) is 0 Å². The van der Waals surface area contributed by atoms with Gasteiger partial charge in [0.1, 0.15) is 0 Å². The van der Waals surface area contributed by atoms with E-state index in [4.69, 9.17) is 0 Å². The highest BCUT2D eigenvalue weighted by Crippen LogP contribution is 2.17. The molecule has 120 valence electrons. The molecule has 0 bridgehead atoms. The number of sulfonamides is 1. The van der Waals surface area contributed by atoms with Crippen molar-refractivity contribution in [2.45, 2.75) is 58.0 Å². The van der Waals surface area contributed by atoms with Crippen LogP contribution in [-0.4, -0.2) is 20.5 Å². The lowest BCUT2D eigenvalue weighted by Crippen LogP contribution is -2.41. The van der Waals surface area contributed by atoms with Gasteiger partial charge in [-0.3, -0.25) is 0 Å². The monoisotopic (exact) mass is 312 g/mol. The van der Waals surface area contributed by atoms with Gasteiger partial charge in [0.05, 0.1) is 4.90 Å². The zero-order valence-corrected chi connectivity index (χ0v) is 14.5. The fourth-order valence-electron chi connectivity index (χ4n) is 1.98. The summed E-state index contributed by atoms with van der Waals surface area (Å²) in [6.07, 6.45) is 1.08. The molecular formula is C16H28N2O2S. The van der Waals surface area contributed by atoms with Crippen molar-refractivity contribution in [2.75, 3.05) is 6.54 Å². The topological polar surface area (TPSA) is 58.2 Å². The van der Waals surface area contributed by atoms with Crippen LogP contribution in [0.3, 0.4) is 0 Å². The molecule has 5 heteroatoms. The van der Waals surface area contributed by atoms with E-state index in [9.17, 15) is 8.42 Å². The predicted octanol–water partition coefficient (Wildman–Crippen LogP) is 2.90. The Hall–Kier alpha value is -0.910. The number of hydrogen-bond donors (Lipinski definition) is 2. The van der Waals surface area contributed by atoms with Gasteiger partial charge < -0.3 is 5.32 Å². The van der Waals surface area contributed by atoms with Crippen molar-refractivity contribution in [1.82, 2.24) is 10.0 Å². The first-order chi connectivity index (χ1) is 9.62. The second kappa shape index (κ2) is 7.38. The van der Waals surface area contributed by atoms with E-state index in [1.165, 1.54) is 0 Å². The SMILES string of the molecule is CC(C)CCNCc1ccccc1S(=O)(=O)NC(C)(C)C. The van der Waals surface area contributed by atoms with Crippen molar-refractivity contribution in [2.24, 2.45) is 5.92 Å². The molecule has 1 rings (SSSR count). The maximum atomic E-state index is 12.5. The van der Waals surface area contributed by atoms with Gasteiger partial charge in [-0.1, -0.05) is 32.0 Å². The summed E-state index contributed by atoms with van der Waals surface area (Å²) in [5.41, 5.74) is 0.315. The minimum Gasteiger partial charge on any atom is -0.313 e. The Bertz CT molecular complexity index is 546. The van der Waals surface area contributed by atoms with Gasteiger partial charge in [0, 0.05) is 12.1 Å². The molecule has 0 aliphatic heterocycles. The summed E-state index contributed by atoms with van der Waals surface area (Å²) >= 11 is 0. The van der Waals surface area contributed by atoms with Crippen LogP contribution in [0.1, 0.15) is 46.6 Å². The summed E-state index contributed by atoms with van der Waals surface area (Å²) in [4.78, 5) is 0.358. The average Bonchev–Trinajstić information content (AvgIpc) is 2.32. The summed E-state index contributed by atoms with van der Waals surface area (Å²) in [6.45, 7) is 11.3. The predicted molar refractivity (Wildman–Crippen MR) is 87.7 cm³/mol. The number of benzene rings is 1. The van der Waals surface area contributed by atoms with Crippen molar-refractivity contribution in [3.8, 4) is 0 Å². The number of hydrogen-bond acceptors (Lipinski definition) is 3. The van der Waals surface area contributed by atoms with E-state index >= 15 is 0 Å². The Kier molecular flexibility index (Phi) is 6.38. The molecule has 1 aromatic rings. The highest BCUT2D eigenvalue weighted by atomic mass is 32.2. The van der Waals surface area contributed by atoms with E-state index in [1.807, 2.05) is 32.9 Å². The molecule has 4 nitrogen and oxygen atoms in total. The standard InChI is InChI=1S/C16H28N2O2S/c1-13(2)10-11-17-12-14-8-6-7-9-15(14)21(19,20)18-16(3,4)5/h6-9,13,17-18H,10-12H2,1-5H3. The lowest BCUT2D eigenvalue weighted by molar-refractivity contribution is 0.490. The first-order valence-electron chi connectivity index (χ1n) is 7.44. The molecule has 1 aromatic carbocycles. The van der Waals surface area contributed by atoms with E-state index in [0.717, 1.165) is 18.5 Å². The minimum atomic E-state index is -3.49. The highest BCUT2D eigenvalue weighted by molar-refractivity contribution is 7.89. The highest BCUT2D eigenvalue weighted by Gasteiger charge is 2.23. The fourth-order valence-corrected chi connectivity index (χ4v) is 3.64. The molecule has 0 radical (unpaired) electrons. The summed E-state index contributed by atoms with van der Waals surface area (Å²) in [5.74, 6) is 0.638. The smallest absolute Gasteiger partial charge is 0.241 e. The summed E-state index contributed by atoms with van der Waals surface area (Å²) < 4.78 is 27.6. The van der Waals surface area contributed by atoms with Crippen molar-refractivity contribution in [3.63, 3.8) is 0 Å². The van der Waals surface area contributed by atoms with Crippen LogP contribution in [0.4, 0.5) is 0 Å². The zero-order valence-electron chi connectivity index (χ0n) is 13.7. The van der Waals surface area contributed by atoms with E-state index in [0.29, 0.717) is 17.4 Å². The Morgan fingerprint density at radius 2 is 1.76 bits per heavy atom. The average molecular weight is 312 g/mol. The molecule has 0 amide bonds. The van der Waals surface area contributed by atoms with Crippen LogP contribution < -0.4 is 10.0 Å². The van der Waals surface area contributed by atoms with Gasteiger partial charge in [-0.25, -0.2) is 13.1 Å². The molecule has 0 saturated heterocycles. The van der Waals surface area contributed by atoms with Crippen LogP contribution in [-0.2, 0) is 16.6 Å². The molecule has 0 heterocycles. The summed E-state index contributed by atoms with van der Waals surface area (Å²) in [5, 5.41) is 3.32. The second-order valence-corrected chi connectivity index (χ2v) is 8.47. The molecular weight excluding hydrogens is 284 g/mol. The third kappa shape index (κ3) is 6.59. The molecule has 0 fully saturated rings. The minimum absolute atomic E-state index is 0.358. The van der Waals surface area contributed by atoms with Crippen molar-refractivity contribution in [3.05, 3.63) is 29.8 Å². The van der Waals surface area contributed by atoms with Gasteiger partial charge in [0.15, 0.2) is 0 Å². The quantitative estimate of drug-likeness (QED) is 0.761. The first kappa shape index (κ1) is 18.1. The third-order valence-electron chi connectivity index (χ3n) is 2.92. The third-order valence-corrected chi connectivity index (χ3v) is 4.77. The van der Waals surface area contributed by atoms with Crippen LogP contribution in [0, 0.1) is 5.92 Å². The van der Waals surface area contributed by atoms with Gasteiger partial charge in [0.2, 0.25) is 10.0 Å². The van der Waals surface area contributed by atoms with Crippen LogP contribution in [0.5, 0.6) is 0 Å². The molecule has 0 spiro atoms. The second-order valence-electron chi connectivity index (χ2n) is 6.82. The molecule has 0 aliphatic rings. The molecule has 21 heavy (non-hydrogen) atoms. The first-order valence-corrected chi connectivity index (χ1v) is 8.93. The van der Waals surface area contributed by atoms with Gasteiger partial charge in [-0.2, -0.15) is 0 Å². The maximum Gasteiger partial charge on any atom is 0.241 e. The van der Waals surface area contributed by atoms with Gasteiger partial charge >= 0.3 is 0 Å². The number of nitrogens with one attached hydrogen (secondary N) is 2. The zero-order chi connectivity index (χ0) is 16.1. The van der Waals surface area contributed by atoms with E-state index < -0.39 is 15.6 Å². The van der Waals surface area contributed by atoms with E-state index in [-0.39, 0.29) is 0 Å². The summed E-state index contributed by atoms with van der Waals surface area (Å²) in [7, 11) is -3.49. The Labute approximate surface area is 129 Å². The Morgan fingerprint density at radius 3 is 2.33 bits per heavy atom. The van der Waals surface area contributed by atoms with Crippen LogP contribution >= 0.6 is 0 Å². The van der Waals surface area contributed by atoms with Crippen molar-refractivity contribution >= 4 is 10.0 Å². The van der Waals surface area contributed by atoms with Crippen LogP contribution in [0.15, 0.2) is 29.2 Å². The van der Waals surface area contributed by atoms with E-state index in [2.05, 4.69) is 23.9 Å². The molecule has 0 atom stereocenters. The molecule has 0 saturated carbocycles. The van der Waals surface area contributed by atoms with E-state index in [1.54, 1.807) is 12.1 Å². The maximum absolute atomic E-state index is 12.5. The Morgan fingerprint density at radius 1 is 1.14 bits per heavy atom. The molecule has 0 aromatic heterocycles. The largest absolute Gasteiger partial charge is 0.313 e. The van der Waals surface area contributed by atoms with Gasteiger partial charge in [-0.15, -0.1) is 0 Å². The van der Waals surface area contributed by atoms with Crippen LogP contribution in [0.2, 0.25) is 0 Å². The van der Waals surface area contributed by atoms with Crippen molar-refractivity contribution < 1.29 is 8.42 Å². The molecule has 2 N–H and O–H groups in total. The lowest BCUT2D eigenvalue weighted by atomic mass is 10.1. The van der Waals surface area contributed by atoms with Crippen molar-refractivity contribution in [1.29, 1.82) is 0 Å². The molecule has 0 aliphatic carbocycles. The molecule has 0 unspecified atom stereocenters. The Balaban J connectivity index is 2.84. The summed E-state index contributed by atoms with van der Waals surface area (Å²) in [6, 6.07) is 7.15.